The Morgan fingerprint density at radius 1 is 1.25 bits per heavy atom. The first kappa shape index (κ1) is 14.7. The molecule has 16 heavy (non-hydrogen) atoms. The minimum Gasteiger partial charge on any atom is -0.481 e. The molecule has 1 N–H and O–H groups in total. The molecule has 94 valence electrons. The average Bonchev–Trinajstić information content (AvgIpc) is 2.24. The van der Waals surface area contributed by atoms with Gasteiger partial charge in [0.1, 0.15) is 0 Å². The zero-order chi connectivity index (χ0) is 12.7. The first-order chi connectivity index (χ1) is 7.40. The second-order valence-corrected chi connectivity index (χ2v) is 4.18. The number of hydrogen-bond acceptors (Lipinski definition) is 2. The molecule has 0 aliphatic carbocycles. The fraction of sp³-hybridized carbons (Fsp3) is 0.818. The summed E-state index contributed by atoms with van der Waals surface area (Å²) in [7, 11) is 3.37. The van der Waals surface area contributed by atoms with Crippen molar-refractivity contribution in [3.63, 3.8) is 0 Å². The largest absolute Gasteiger partial charge is 0.481 e. The van der Waals surface area contributed by atoms with E-state index in [0.29, 0.717) is 6.54 Å². The van der Waals surface area contributed by atoms with Crippen LogP contribution in [0, 0.1) is 5.92 Å². The third-order valence-electron chi connectivity index (χ3n) is 2.47. The monoisotopic (exact) mass is 230 g/mol. The van der Waals surface area contributed by atoms with Gasteiger partial charge in [0.2, 0.25) is 0 Å². The first-order valence-electron chi connectivity index (χ1n) is 5.59. The van der Waals surface area contributed by atoms with Crippen molar-refractivity contribution in [3.8, 4) is 0 Å². The number of nitrogens with zero attached hydrogens (tertiary/aromatic N) is 2. The molecule has 0 aromatic carbocycles. The Kier molecular flexibility index (Phi) is 6.53. The van der Waals surface area contributed by atoms with E-state index in [-0.39, 0.29) is 12.6 Å². The number of aliphatic carboxylic acids is 1. The highest BCUT2D eigenvalue weighted by atomic mass is 16.4. The molecule has 5 heteroatoms. The molecule has 0 saturated carbocycles. The van der Waals surface area contributed by atoms with Crippen LogP contribution in [0.3, 0.4) is 0 Å². The summed E-state index contributed by atoms with van der Waals surface area (Å²) in [4.78, 5) is 25.5. The van der Waals surface area contributed by atoms with Gasteiger partial charge in [-0.15, -0.1) is 0 Å². The molecule has 0 heterocycles. The lowest BCUT2D eigenvalue weighted by Crippen LogP contribution is -2.42. The van der Waals surface area contributed by atoms with E-state index >= 15 is 0 Å². The van der Waals surface area contributed by atoms with Gasteiger partial charge in [-0.25, -0.2) is 4.79 Å². The highest BCUT2D eigenvalue weighted by Gasteiger charge is 2.19. The number of unbranched alkanes of at least 4 members (excludes halogenated alkanes) is 1. The quantitative estimate of drug-likeness (QED) is 0.752. The Labute approximate surface area is 97.0 Å². The topological polar surface area (TPSA) is 60.9 Å². The van der Waals surface area contributed by atoms with Crippen LogP contribution in [0.25, 0.3) is 0 Å². The van der Waals surface area contributed by atoms with Gasteiger partial charge in [-0.3, -0.25) is 4.79 Å². The maximum atomic E-state index is 11.8. The smallest absolute Gasteiger partial charge is 0.319 e. The number of carboxylic acids is 1. The van der Waals surface area contributed by atoms with Crippen molar-refractivity contribution in [1.82, 2.24) is 9.80 Å². The molecular weight excluding hydrogens is 208 g/mol. The predicted molar refractivity (Wildman–Crippen MR) is 62.4 cm³/mol. The molecule has 0 aromatic heterocycles. The van der Waals surface area contributed by atoms with E-state index in [1.807, 2.05) is 0 Å². The minimum atomic E-state index is -0.879. The van der Waals surface area contributed by atoms with Gasteiger partial charge in [0, 0.05) is 27.2 Å². The molecule has 0 aromatic rings. The summed E-state index contributed by atoms with van der Waals surface area (Å²) in [5, 5.41) is 8.74. The number of carbonyl (C=O) groups excluding carboxylic acids is 1. The number of rotatable bonds is 6. The summed E-state index contributed by atoms with van der Waals surface area (Å²) in [6, 6.07) is -0.124. The Hall–Kier alpha value is -1.26. The molecule has 0 fully saturated rings. The number of carboxylic acid groups (broad SMARTS) is 1. The van der Waals surface area contributed by atoms with Gasteiger partial charge in [0.25, 0.3) is 0 Å². The molecule has 0 aliphatic rings. The molecule has 0 aliphatic heterocycles. The third-order valence-corrected chi connectivity index (χ3v) is 2.47. The number of amides is 2. The van der Waals surface area contributed by atoms with Crippen molar-refractivity contribution in [2.75, 3.05) is 27.2 Å². The van der Waals surface area contributed by atoms with Crippen molar-refractivity contribution >= 4 is 12.0 Å². The summed E-state index contributed by atoms with van der Waals surface area (Å²) < 4.78 is 0. The number of hydrogen-bond donors (Lipinski definition) is 1. The normalized spacial score (nSPS) is 12.0. The Balaban J connectivity index is 4.11. The predicted octanol–water partition coefficient (Wildman–Crippen LogP) is 1.49. The van der Waals surface area contributed by atoms with Crippen molar-refractivity contribution in [2.24, 2.45) is 5.92 Å². The molecule has 0 saturated heterocycles. The fourth-order valence-corrected chi connectivity index (χ4v) is 1.35. The number of carbonyl (C=O) groups is 2. The molecule has 0 spiro atoms. The number of urea groups is 1. The molecule has 1 atom stereocenters. The van der Waals surface area contributed by atoms with E-state index in [9.17, 15) is 9.59 Å². The van der Waals surface area contributed by atoms with Gasteiger partial charge in [-0.1, -0.05) is 20.3 Å². The van der Waals surface area contributed by atoms with Crippen LogP contribution in [0.2, 0.25) is 0 Å². The highest BCUT2D eigenvalue weighted by Crippen LogP contribution is 2.02. The van der Waals surface area contributed by atoms with Gasteiger partial charge in [-0.2, -0.15) is 0 Å². The Morgan fingerprint density at radius 3 is 2.25 bits per heavy atom. The van der Waals surface area contributed by atoms with Crippen LogP contribution < -0.4 is 0 Å². The third kappa shape index (κ3) is 5.00. The molecule has 0 bridgehead atoms. The van der Waals surface area contributed by atoms with E-state index in [4.69, 9.17) is 5.11 Å². The highest BCUT2D eigenvalue weighted by molar-refractivity contribution is 5.75. The van der Waals surface area contributed by atoms with Gasteiger partial charge in [-0.05, 0) is 6.42 Å². The van der Waals surface area contributed by atoms with Crippen molar-refractivity contribution in [3.05, 3.63) is 0 Å². The van der Waals surface area contributed by atoms with Gasteiger partial charge < -0.3 is 14.9 Å². The first-order valence-corrected chi connectivity index (χ1v) is 5.59. The lowest BCUT2D eigenvalue weighted by Gasteiger charge is -2.26. The van der Waals surface area contributed by atoms with Crippen LogP contribution in [-0.4, -0.2) is 54.1 Å². The van der Waals surface area contributed by atoms with Crippen LogP contribution >= 0.6 is 0 Å². The maximum absolute atomic E-state index is 11.8. The van der Waals surface area contributed by atoms with E-state index < -0.39 is 11.9 Å². The summed E-state index contributed by atoms with van der Waals surface area (Å²) >= 11 is 0. The van der Waals surface area contributed by atoms with E-state index in [0.717, 1.165) is 12.8 Å². The Morgan fingerprint density at radius 2 is 1.81 bits per heavy atom. The zero-order valence-electron chi connectivity index (χ0n) is 10.6. The van der Waals surface area contributed by atoms with E-state index in [1.165, 1.54) is 4.90 Å². The van der Waals surface area contributed by atoms with E-state index in [2.05, 4.69) is 6.92 Å². The summed E-state index contributed by atoms with van der Waals surface area (Å²) in [6.07, 6.45) is 2.00. The molecule has 5 nitrogen and oxygen atoms in total. The van der Waals surface area contributed by atoms with Gasteiger partial charge >= 0.3 is 12.0 Å². The van der Waals surface area contributed by atoms with Gasteiger partial charge in [0.05, 0.1) is 5.92 Å². The van der Waals surface area contributed by atoms with Crippen LogP contribution in [0.4, 0.5) is 4.79 Å². The average molecular weight is 230 g/mol. The second-order valence-electron chi connectivity index (χ2n) is 4.18. The summed E-state index contributed by atoms with van der Waals surface area (Å²) in [5.74, 6) is -1.41. The molecular formula is C11H22N2O3. The fourth-order valence-electron chi connectivity index (χ4n) is 1.35. The lowest BCUT2D eigenvalue weighted by molar-refractivity contribution is -0.141. The van der Waals surface area contributed by atoms with Crippen LogP contribution in [0.15, 0.2) is 0 Å². The van der Waals surface area contributed by atoms with Crippen LogP contribution in [0.1, 0.15) is 26.7 Å². The molecule has 1 unspecified atom stereocenters. The zero-order valence-corrected chi connectivity index (χ0v) is 10.6. The second kappa shape index (κ2) is 7.09. The Bertz CT molecular complexity index is 243. The van der Waals surface area contributed by atoms with E-state index in [1.54, 1.807) is 25.9 Å². The van der Waals surface area contributed by atoms with Crippen molar-refractivity contribution in [2.45, 2.75) is 26.7 Å². The summed E-state index contributed by atoms with van der Waals surface area (Å²) in [6.45, 7) is 4.61. The van der Waals surface area contributed by atoms with Crippen LogP contribution in [-0.2, 0) is 4.79 Å². The molecule has 0 rings (SSSR count). The van der Waals surface area contributed by atoms with Gasteiger partial charge in [0.15, 0.2) is 0 Å². The lowest BCUT2D eigenvalue weighted by atomic mass is 10.2. The molecule has 2 amide bonds. The SMILES string of the molecule is CCCCN(C)C(=O)N(C)CC(C)C(=O)O. The van der Waals surface area contributed by atoms with Crippen molar-refractivity contribution in [1.29, 1.82) is 0 Å². The van der Waals surface area contributed by atoms with Crippen LogP contribution in [0.5, 0.6) is 0 Å². The maximum Gasteiger partial charge on any atom is 0.319 e. The molecule has 0 radical (unpaired) electrons. The minimum absolute atomic E-state index is 0.124. The van der Waals surface area contributed by atoms with Crippen molar-refractivity contribution < 1.29 is 14.7 Å². The standard InChI is InChI=1S/C11H22N2O3/c1-5-6-7-12(3)11(16)13(4)8-9(2)10(14)15/h9H,5-8H2,1-4H3,(H,14,15). The summed E-state index contributed by atoms with van der Waals surface area (Å²) in [5.41, 5.74) is 0.